The molecule has 3 saturated carbocycles. The molecule has 3 heterocycles. The van der Waals surface area contributed by atoms with E-state index in [-0.39, 0.29) is 24.1 Å². The third-order valence-corrected chi connectivity index (χ3v) is 11.8. The largest absolute Gasteiger partial charge is 0.472 e. The summed E-state index contributed by atoms with van der Waals surface area (Å²) in [6.07, 6.45) is 0.720. The number of carbonyl (C=O) groups excluding carboxylic acids is 5. The first-order chi connectivity index (χ1) is 20.6. The van der Waals surface area contributed by atoms with Gasteiger partial charge in [-0.25, -0.2) is 4.79 Å². The van der Waals surface area contributed by atoms with Crippen molar-refractivity contribution in [3.8, 4) is 0 Å². The molecule has 1 spiro atoms. The highest BCUT2D eigenvalue weighted by molar-refractivity contribution is 5.94. The zero-order chi connectivity index (χ0) is 32.1. The molecular weight excluding hydrogens is 572 g/mol. The predicted molar refractivity (Wildman–Crippen MR) is 150 cm³/mol. The van der Waals surface area contributed by atoms with Gasteiger partial charge in [0.15, 0.2) is 0 Å². The Morgan fingerprint density at radius 2 is 1.75 bits per heavy atom. The summed E-state index contributed by atoms with van der Waals surface area (Å²) in [7, 11) is 1.20. The molecule has 2 aliphatic heterocycles. The van der Waals surface area contributed by atoms with Gasteiger partial charge in [0.1, 0.15) is 29.7 Å². The third-order valence-electron chi connectivity index (χ3n) is 11.8. The van der Waals surface area contributed by atoms with Gasteiger partial charge in [0.25, 0.3) is 0 Å². The molecule has 2 saturated heterocycles. The van der Waals surface area contributed by atoms with Gasteiger partial charge in [0.05, 0.1) is 37.9 Å². The molecule has 0 N–H and O–H groups in total. The molecule has 0 aromatic carbocycles. The first kappa shape index (κ1) is 30.8. The Hall–Kier alpha value is -3.21. The normalized spacial score (nSPS) is 42.2. The van der Waals surface area contributed by atoms with Gasteiger partial charge < -0.3 is 28.1 Å². The van der Waals surface area contributed by atoms with E-state index in [9.17, 15) is 24.0 Å². The number of esters is 4. The molecular formula is C33H42O11. The molecule has 44 heavy (non-hydrogen) atoms. The average Bonchev–Trinajstić information content (AvgIpc) is 3.40. The van der Waals surface area contributed by atoms with E-state index < -0.39 is 87.8 Å². The third kappa shape index (κ3) is 3.93. The lowest BCUT2D eigenvalue weighted by atomic mass is 9.37. The smallest absolute Gasteiger partial charge is 0.347 e. The van der Waals surface area contributed by atoms with Gasteiger partial charge in [-0.1, -0.05) is 41.5 Å². The summed E-state index contributed by atoms with van der Waals surface area (Å²) in [4.78, 5) is 67.1. The fourth-order valence-electron chi connectivity index (χ4n) is 10.0. The number of epoxide rings is 1. The summed E-state index contributed by atoms with van der Waals surface area (Å²) in [5.41, 5.74) is -3.03. The molecule has 0 radical (unpaired) electrons. The number of furan rings is 1. The van der Waals surface area contributed by atoms with Crippen LogP contribution in [-0.4, -0.2) is 60.7 Å². The molecule has 0 unspecified atom stereocenters. The van der Waals surface area contributed by atoms with Crippen LogP contribution in [0.15, 0.2) is 23.0 Å². The van der Waals surface area contributed by atoms with Crippen LogP contribution in [0.5, 0.6) is 0 Å². The van der Waals surface area contributed by atoms with Gasteiger partial charge in [0.2, 0.25) is 6.10 Å². The first-order valence-corrected chi connectivity index (χ1v) is 15.5. The molecule has 5 fully saturated rings. The minimum atomic E-state index is -1.45. The number of fused-ring (bicyclic) bond motifs is 5. The molecule has 6 rings (SSSR count). The standard InChI is InChI=1S/C33H42O11/c1-15(2)28(37)43-26-21-24(36)32(7,23(30(26,4)5)22(29(38)39-8)41-16(3)34)18-9-11-31(6)19(33(18)27(21)44-33)13-20(35)42-25(31)17-10-12-40-14-17/h10,12,14-15,18-19,21-23,25-27H,9,11,13H2,1-8H3/t18-,19-,21+,22+,23+,25+,26-,27-,31-,32-,33-/m1/s1. The van der Waals surface area contributed by atoms with E-state index in [4.69, 9.17) is 28.1 Å². The van der Waals surface area contributed by atoms with Crippen molar-refractivity contribution in [3.05, 3.63) is 24.2 Å². The summed E-state index contributed by atoms with van der Waals surface area (Å²) < 4.78 is 35.1. The van der Waals surface area contributed by atoms with Crippen molar-refractivity contribution in [1.82, 2.24) is 0 Å². The highest BCUT2D eigenvalue weighted by Gasteiger charge is 2.87. The summed E-state index contributed by atoms with van der Waals surface area (Å²) >= 11 is 0. The van der Waals surface area contributed by atoms with Gasteiger partial charge in [0, 0.05) is 46.5 Å². The monoisotopic (exact) mass is 614 g/mol. The van der Waals surface area contributed by atoms with Gasteiger partial charge in [-0.15, -0.1) is 0 Å². The Kier molecular flexibility index (Phi) is 6.93. The molecule has 1 aromatic heterocycles. The number of ether oxygens (including phenoxy) is 5. The summed E-state index contributed by atoms with van der Waals surface area (Å²) in [5.74, 6) is -5.60. The molecule has 2 bridgehead atoms. The van der Waals surface area contributed by atoms with Crippen LogP contribution in [0.25, 0.3) is 0 Å². The molecule has 3 aliphatic carbocycles. The number of rotatable bonds is 6. The van der Waals surface area contributed by atoms with Crippen LogP contribution in [0.3, 0.4) is 0 Å². The van der Waals surface area contributed by atoms with Crippen LogP contribution in [0, 0.1) is 45.8 Å². The Balaban J connectivity index is 1.54. The summed E-state index contributed by atoms with van der Waals surface area (Å²) in [6.45, 7) is 12.2. The zero-order valence-electron chi connectivity index (χ0n) is 26.5. The van der Waals surface area contributed by atoms with Crippen molar-refractivity contribution in [3.63, 3.8) is 0 Å². The number of ketones is 1. The van der Waals surface area contributed by atoms with Crippen LogP contribution in [0.1, 0.15) is 79.4 Å². The molecule has 0 amide bonds. The summed E-state index contributed by atoms with van der Waals surface area (Å²) in [6, 6.07) is 1.79. The zero-order valence-corrected chi connectivity index (χ0v) is 26.5. The summed E-state index contributed by atoms with van der Waals surface area (Å²) in [5, 5.41) is 0. The topological polar surface area (TPSA) is 148 Å². The van der Waals surface area contributed by atoms with Crippen molar-refractivity contribution < 1.29 is 52.1 Å². The van der Waals surface area contributed by atoms with Gasteiger partial charge in [-0.3, -0.25) is 19.2 Å². The van der Waals surface area contributed by atoms with Gasteiger partial charge >= 0.3 is 23.9 Å². The lowest BCUT2D eigenvalue weighted by Gasteiger charge is -2.65. The van der Waals surface area contributed by atoms with E-state index in [1.54, 1.807) is 32.4 Å². The predicted octanol–water partition coefficient (Wildman–Crippen LogP) is 3.97. The number of methoxy groups -OCH3 is 1. The van der Waals surface area contributed by atoms with Crippen molar-refractivity contribution in [2.24, 2.45) is 45.8 Å². The lowest BCUT2D eigenvalue weighted by Crippen LogP contribution is -2.74. The first-order valence-electron chi connectivity index (χ1n) is 15.5. The molecule has 11 atom stereocenters. The Bertz CT molecular complexity index is 1400. The fourth-order valence-corrected chi connectivity index (χ4v) is 10.0. The quantitative estimate of drug-likeness (QED) is 0.260. The minimum Gasteiger partial charge on any atom is -0.472 e. The van der Waals surface area contributed by atoms with E-state index in [1.807, 2.05) is 20.8 Å². The number of Topliss-reactive ketones (excluding diaryl/α,β-unsaturated/α-hetero) is 1. The van der Waals surface area contributed by atoms with E-state index in [0.717, 1.165) is 5.56 Å². The average molecular weight is 615 g/mol. The lowest BCUT2D eigenvalue weighted by molar-refractivity contribution is -0.235. The maximum absolute atomic E-state index is 14.9. The Morgan fingerprint density at radius 1 is 1.05 bits per heavy atom. The number of cyclic esters (lactones) is 1. The van der Waals surface area contributed by atoms with E-state index in [0.29, 0.717) is 12.8 Å². The molecule has 240 valence electrons. The van der Waals surface area contributed by atoms with E-state index in [2.05, 4.69) is 6.92 Å². The maximum atomic E-state index is 14.9. The van der Waals surface area contributed by atoms with Crippen LogP contribution in [0.2, 0.25) is 0 Å². The van der Waals surface area contributed by atoms with Crippen molar-refractivity contribution in [2.45, 2.75) is 97.7 Å². The fraction of sp³-hybridized carbons (Fsp3) is 0.727. The van der Waals surface area contributed by atoms with Crippen molar-refractivity contribution in [1.29, 1.82) is 0 Å². The SMILES string of the molecule is COC(=O)[C@@H](OC(C)=O)[C@H]1C(C)(C)[C@H](OC(=O)C(C)C)[C@@H]2C(=O)[C@]1(C)[C@H]1CC[C@]3(C)[C@@H](CC(=O)O[C@H]3c3ccoc3)[C@]13O[C@H]23. The van der Waals surface area contributed by atoms with Crippen LogP contribution < -0.4 is 0 Å². The van der Waals surface area contributed by atoms with Gasteiger partial charge in [-0.2, -0.15) is 0 Å². The highest BCUT2D eigenvalue weighted by Crippen LogP contribution is 2.77. The second kappa shape index (κ2) is 9.89. The van der Waals surface area contributed by atoms with Crippen LogP contribution in [0.4, 0.5) is 0 Å². The molecule has 11 nitrogen and oxygen atoms in total. The van der Waals surface area contributed by atoms with Gasteiger partial charge in [-0.05, 0) is 18.9 Å². The molecule has 1 aromatic rings. The molecule has 11 heteroatoms. The second-order valence-electron chi connectivity index (χ2n) is 14.7. The molecule has 5 aliphatic rings. The number of carbonyl (C=O) groups is 5. The Morgan fingerprint density at radius 3 is 2.34 bits per heavy atom. The Labute approximate surface area is 256 Å². The van der Waals surface area contributed by atoms with Crippen molar-refractivity contribution >= 4 is 29.7 Å². The van der Waals surface area contributed by atoms with E-state index in [1.165, 1.54) is 14.0 Å². The number of hydrogen-bond donors (Lipinski definition) is 0. The minimum absolute atomic E-state index is 0.0870. The van der Waals surface area contributed by atoms with Crippen LogP contribution >= 0.6 is 0 Å². The van der Waals surface area contributed by atoms with Crippen LogP contribution in [-0.2, 0) is 47.7 Å². The maximum Gasteiger partial charge on any atom is 0.347 e. The highest BCUT2D eigenvalue weighted by atomic mass is 16.6. The van der Waals surface area contributed by atoms with E-state index >= 15 is 0 Å². The number of hydrogen-bond acceptors (Lipinski definition) is 11. The second-order valence-corrected chi connectivity index (χ2v) is 14.7. The van der Waals surface area contributed by atoms with Crippen molar-refractivity contribution in [2.75, 3.05) is 7.11 Å².